The Hall–Kier alpha value is -1.56. The van der Waals surface area contributed by atoms with Crippen LogP contribution in [0.25, 0.3) is 0 Å². The van der Waals surface area contributed by atoms with E-state index in [-0.39, 0.29) is 12.1 Å². The number of aliphatic carboxylic acids is 1. The molecule has 0 saturated carbocycles. The Bertz CT molecular complexity index is 434. The number of rotatable bonds is 3. The SMILES string of the molecule is CN(CC(=O)O)C(=O)c1cc(Br)ccc1N. The maximum Gasteiger partial charge on any atom is 0.323 e. The third kappa shape index (κ3) is 2.96. The fraction of sp³-hybridized carbons (Fsp3) is 0.200. The van der Waals surface area contributed by atoms with E-state index in [2.05, 4.69) is 15.9 Å². The van der Waals surface area contributed by atoms with E-state index in [0.29, 0.717) is 10.2 Å². The monoisotopic (exact) mass is 286 g/mol. The number of benzene rings is 1. The number of likely N-dealkylation sites (N-methyl/N-ethyl adjacent to an activating group) is 1. The van der Waals surface area contributed by atoms with Gasteiger partial charge in [-0.25, -0.2) is 0 Å². The van der Waals surface area contributed by atoms with Crippen molar-refractivity contribution in [3.8, 4) is 0 Å². The van der Waals surface area contributed by atoms with Crippen molar-refractivity contribution in [2.75, 3.05) is 19.3 Å². The quantitative estimate of drug-likeness (QED) is 0.818. The molecule has 0 aromatic heterocycles. The van der Waals surface area contributed by atoms with Gasteiger partial charge in [-0.05, 0) is 18.2 Å². The van der Waals surface area contributed by atoms with Crippen LogP contribution < -0.4 is 5.73 Å². The van der Waals surface area contributed by atoms with E-state index >= 15 is 0 Å². The van der Waals surface area contributed by atoms with Crippen molar-refractivity contribution in [1.29, 1.82) is 0 Å². The second kappa shape index (κ2) is 4.98. The van der Waals surface area contributed by atoms with Crippen LogP contribution in [0.15, 0.2) is 22.7 Å². The van der Waals surface area contributed by atoms with Gasteiger partial charge in [-0.1, -0.05) is 15.9 Å². The van der Waals surface area contributed by atoms with Crippen LogP contribution in [0.2, 0.25) is 0 Å². The number of nitrogens with zero attached hydrogens (tertiary/aromatic N) is 1. The zero-order valence-electron chi connectivity index (χ0n) is 8.61. The van der Waals surface area contributed by atoms with Crippen molar-refractivity contribution in [3.63, 3.8) is 0 Å². The fourth-order valence-electron chi connectivity index (χ4n) is 1.19. The van der Waals surface area contributed by atoms with Crippen molar-refractivity contribution in [3.05, 3.63) is 28.2 Å². The van der Waals surface area contributed by atoms with Crippen LogP contribution in [0.5, 0.6) is 0 Å². The molecule has 0 unspecified atom stereocenters. The number of amides is 1. The summed E-state index contributed by atoms with van der Waals surface area (Å²) in [4.78, 5) is 23.4. The highest BCUT2D eigenvalue weighted by molar-refractivity contribution is 9.10. The summed E-state index contributed by atoms with van der Waals surface area (Å²) in [6.45, 7) is -0.356. The lowest BCUT2D eigenvalue weighted by atomic mass is 10.1. The highest BCUT2D eigenvalue weighted by Gasteiger charge is 2.16. The van der Waals surface area contributed by atoms with Gasteiger partial charge in [0.1, 0.15) is 6.54 Å². The first-order chi connectivity index (χ1) is 7.41. The minimum atomic E-state index is -1.07. The summed E-state index contributed by atoms with van der Waals surface area (Å²) in [5.41, 5.74) is 6.26. The van der Waals surface area contributed by atoms with Crippen LogP contribution >= 0.6 is 15.9 Å². The molecule has 0 spiro atoms. The standard InChI is InChI=1S/C10H11BrN2O3/c1-13(5-9(14)15)10(16)7-4-6(11)2-3-8(7)12/h2-4H,5,12H2,1H3,(H,14,15). The Morgan fingerprint density at radius 1 is 1.50 bits per heavy atom. The topological polar surface area (TPSA) is 83.6 Å². The number of carbonyl (C=O) groups excluding carboxylic acids is 1. The predicted octanol–water partition coefficient (Wildman–Crippen LogP) is 1.19. The molecule has 0 fully saturated rings. The van der Waals surface area contributed by atoms with E-state index in [1.54, 1.807) is 18.2 Å². The number of hydrogen-bond acceptors (Lipinski definition) is 3. The molecule has 0 aliphatic carbocycles. The second-order valence-corrected chi connectivity index (χ2v) is 4.20. The third-order valence-electron chi connectivity index (χ3n) is 1.96. The molecule has 5 nitrogen and oxygen atoms in total. The van der Waals surface area contributed by atoms with Crippen molar-refractivity contribution in [1.82, 2.24) is 4.90 Å². The fourth-order valence-corrected chi connectivity index (χ4v) is 1.56. The summed E-state index contributed by atoms with van der Waals surface area (Å²) in [5.74, 6) is -1.48. The Kier molecular flexibility index (Phi) is 3.89. The third-order valence-corrected chi connectivity index (χ3v) is 2.46. The van der Waals surface area contributed by atoms with Crippen LogP contribution in [0.3, 0.4) is 0 Å². The lowest BCUT2D eigenvalue weighted by Gasteiger charge is -2.15. The lowest BCUT2D eigenvalue weighted by Crippen LogP contribution is -2.32. The van der Waals surface area contributed by atoms with Gasteiger partial charge in [-0.15, -0.1) is 0 Å². The first-order valence-electron chi connectivity index (χ1n) is 4.44. The number of hydrogen-bond donors (Lipinski definition) is 2. The van der Waals surface area contributed by atoms with Crippen molar-refractivity contribution < 1.29 is 14.7 Å². The van der Waals surface area contributed by atoms with Crippen molar-refractivity contribution in [2.45, 2.75) is 0 Å². The molecule has 16 heavy (non-hydrogen) atoms. The summed E-state index contributed by atoms with van der Waals surface area (Å²) in [7, 11) is 1.41. The van der Waals surface area contributed by atoms with Gasteiger partial charge in [-0.3, -0.25) is 9.59 Å². The van der Waals surface area contributed by atoms with Gasteiger partial charge in [0.25, 0.3) is 5.91 Å². The normalized spacial score (nSPS) is 9.88. The summed E-state index contributed by atoms with van der Waals surface area (Å²) in [6.07, 6.45) is 0. The molecular formula is C10H11BrN2O3. The largest absolute Gasteiger partial charge is 0.480 e. The number of anilines is 1. The van der Waals surface area contributed by atoms with Gasteiger partial charge in [0.05, 0.1) is 5.56 Å². The lowest BCUT2D eigenvalue weighted by molar-refractivity contribution is -0.137. The number of carboxylic acid groups (broad SMARTS) is 1. The van der Waals surface area contributed by atoms with Gasteiger partial charge < -0.3 is 15.7 Å². The Balaban J connectivity index is 2.95. The summed E-state index contributed by atoms with van der Waals surface area (Å²) in [5, 5.41) is 8.57. The number of carbonyl (C=O) groups is 2. The highest BCUT2D eigenvalue weighted by Crippen LogP contribution is 2.19. The van der Waals surface area contributed by atoms with Crippen LogP contribution in [0.4, 0.5) is 5.69 Å². The van der Waals surface area contributed by atoms with Gasteiger partial charge in [0.15, 0.2) is 0 Å². The number of nitrogens with two attached hydrogens (primary N) is 1. The average Bonchev–Trinajstić information content (AvgIpc) is 2.19. The zero-order valence-corrected chi connectivity index (χ0v) is 10.2. The first-order valence-corrected chi connectivity index (χ1v) is 5.23. The van der Waals surface area contributed by atoms with Crippen LogP contribution in [0, 0.1) is 0 Å². The highest BCUT2D eigenvalue weighted by atomic mass is 79.9. The molecule has 0 atom stereocenters. The van der Waals surface area contributed by atoms with Gasteiger partial charge in [-0.2, -0.15) is 0 Å². The van der Waals surface area contributed by atoms with Gasteiger partial charge in [0, 0.05) is 17.2 Å². The second-order valence-electron chi connectivity index (χ2n) is 3.29. The van der Waals surface area contributed by atoms with Crippen LogP contribution in [0.1, 0.15) is 10.4 Å². The molecule has 1 amide bonds. The van der Waals surface area contributed by atoms with Gasteiger partial charge >= 0.3 is 5.97 Å². The van der Waals surface area contributed by atoms with E-state index in [4.69, 9.17) is 10.8 Å². The Morgan fingerprint density at radius 3 is 2.69 bits per heavy atom. The number of halogens is 1. The molecular weight excluding hydrogens is 276 g/mol. The first kappa shape index (κ1) is 12.5. The van der Waals surface area contributed by atoms with E-state index < -0.39 is 11.9 Å². The minimum Gasteiger partial charge on any atom is -0.480 e. The molecule has 0 radical (unpaired) electrons. The molecule has 3 N–H and O–H groups in total. The van der Waals surface area contributed by atoms with Gasteiger partial charge in [0.2, 0.25) is 0 Å². The smallest absolute Gasteiger partial charge is 0.323 e. The summed E-state index contributed by atoms with van der Waals surface area (Å²) in [6, 6.07) is 4.87. The molecule has 1 aromatic rings. The molecule has 1 rings (SSSR count). The molecule has 0 heterocycles. The predicted molar refractivity (Wildman–Crippen MR) is 63.2 cm³/mol. The summed E-state index contributed by atoms with van der Waals surface area (Å²) < 4.78 is 0.716. The van der Waals surface area contributed by atoms with E-state index in [1.807, 2.05) is 0 Å². The zero-order chi connectivity index (χ0) is 12.3. The minimum absolute atomic E-state index is 0.290. The van der Waals surface area contributed by atoms with E-state index in [0.717, 1.165) is 4.90 Å². The molecule has 0 saturated heterocycles. The Morgan fingerprint density at radius 2 is 2.12 bits per heavy atom. The maximum atomic E-state index is 11.8. The molecule has 0 bridgehead atoms. The van der Waals surface area contributed by atoms with Crippen LogP contribution in [-0.4, -0.2) is 35.5 Å². The number of nitrogen functional groups attached to an aromatic ring is 1. The van der Waals surface area contributed by atoms with Crippen molar-refractivity contribution >= 4 is 33.5 Å². The van der Waals surface area contributed by atoms with E-state index in [1.165, 1.54) is 7.05 Å². The molecule has 0 aliphatic rings. The molecule has 86 valence electrons. The maximum absolute atomic E-state index is 11.8. The average molecular weight is 287 g/mol. The summed E-state index contributed by atoms with van der Waals surface area (Å²) >= 11 is 3.22. The number of carboxylic acids is 1. The molecule has 6 heteroatoms. The Labute approximate surface area is 101 Å². The molecule has 0 aliphatic heterocycles. The van der Waals surface area contributed by atoms with E-state index in [9.17, 15) is 9.59 Å². The van der Waals surface area contributed by atoms with Crippen molar-refractivity contribution in [2.24, 2.45) is 0 Å². The van der Waals surface area contributed by atoms with Crippen LogP contribution in [-0.2, 0) is 4.79 Å². The molecule has 1 aromatic carbocycles.